The number of likely N-dealkylation sites (tertiary alicyclic amines) is 1. The predicted octanol–water partition coefficient (Wildman–Crippen LogP) is 1.51. The van der Waals surface area contributed by atoms with E-state index in [1.807, 2.05) is 18.7 Å². The second-order valence-electron chi connectivity index (χ2n) is 6.45. The Kier molecular flexibility index (Phi) is 6.12. The monoisotopic (exact) mass is 324 g/mol. The molecule has 3 atom stereocenters. The Bertz CT molecular complexity index is 517. The maximum Gasteiger partial charge on any atom is 0.227 e. The summed E-state index contributed by atoms with van der Waals surface area (Å²) >= 11 is 0. The molecule has 2 heterocycles. The third kappa shape index (κ3) is 4.51. The van der Waals surface area contributed by atoms with Crippen molar-refractivity contribution in [1.29, 1.82) is 0 Å². The summed E-state index contributed by atoms with van der Waals surface area (Å²) in [7, 11) is 4.13. The van der Waals surface area contributed by atoms with Crippen LogP contribution in [-0.4, -0.2) is 65.7 Å². The van der Waals surface area contributed by atoms with Crippen molar-refractivity contribution in [2.75, 3.05) is 33.8 Å². The zero-order valence-electron chi connectivity index (χ0n) is 14.8. The molecule has 1 saturated heterocycles. The molecule has 1 aliphatic rings. The van der Waals surface area contributed by atoms with Crippen molar-refractivity contribution in [3.8, 4) is 0 Å². The van der Waals surface area contributed by atoms with Crippen LogP contribution in [0.4, 0.5) is 0 Å². The quantitative estimate of drug-likeness (QED) is 0.757. The van der Waals surface area contributed by atoms with Crippen molar-refractivity contribution in [2.45, 2.75) is 45.8 Å². The van der Waals surface area contributed by atoms with Gasteiger partial charge in [0.05, 0.1) is 0 Å². The lowest BCUT2D eigenvalue weighted by Gasteiger charge is -2.22. The third-order valence-electron chi connectivity index (χ3n) is 4.41. The Labute approximate surface area is 138 Å². The second-order valence-corrected chi connectivity index (χ2v) is 6.45. The predicted molar refractivity (Wildman–Crippen MR) is 85.9 cm³/mol. The molecule has 1 aliphatic heterocycles. The average molecular weight is 324 g/mol. The Hall–Kier alpha value is -1.47. The molecule has 7 heteroatoms. The zero-order chi connectivity index (χ0) is 17.0. The van der Waals surface area contributed by atoms with E-state index in [1.54, 1.807) is 0 Å². The minimum Gasteiger partial charge on any atom is -0.371 e. The summed E-state index contributed by atoms with van der Waals surface area (Å²) in [6.45, 7) is 8.22. The normalized spacial score (nSPS) is 22.8. The van der Waals surface area contributed by atoms with E-state index in [2.05, 4.69) is 36.1 Å². The molecule has 1 aromatic heterocycles. The van der Waals surface area contributed by atoms with Crippen molar-refractivity contribution in [2.24, 2.45) is 5.92 Å². The van der Waals surface area contributed by atoms with Crippen molar-refractivity contribution in [3.63, 3.8) is 0 Å². The van der Waals surface area contributed by atoms with Crippen LogP contribution in [0.25, 0.3) is 0 Å². The van der Waals surface area contributed by atoms with Gasteiger partial charge in [-0.1, -0.05) is 12.1 Å². The first-order chi connectivity index (χ1) is 10.9. The number of hydrogen-bond acceptors (Lipinski definition) is 6. The lowest BCUT2D eigenvalue weighted by atomic mass is 10.1. The Morgan fingerprint density at radius 2 is 2.22 bits per heavy atom. The molecule has 2 rings (SSSR count). The molecule has 0 N–H and O–H groups in total. The summed E-state index contributed by atoms with van der Waals surface area (Å²) in [4.78, 5) is 20.8. The Morgan fingerprint density at radius 1 is 1.48 bits per heavy atom. The van der Waals surface area contributed by atoms with Gasteiger partial charge < -0.3 is 19.1 Å². The number of likely N-dealkylation sites (N-methyl/N-ethyl adjacent to an activating group) is 1. The second kappa shape index (κ2) is 7.88. The topological polar surface area (TPSA) is 71.7 Å². The number of amides is 1. The molecule has 7 nitrogen and oxygen atoms in total. The van der Waals surface area contributed by atoms with Crippen molar-refractivity contribution in [3.05, 3.63) is 11.7 Å². The highest BCUT2D eigenvalue weighted by atomic mass is 16.5. The van der Waals surface area contributed by atoms with E-state index in [1.165, 1.54) is 0 Å². The largest absolute Gasteiger partial charge is 0.371 e. The zero-order valence-corrected chi connectivity index (χ0v) is 14.8. The first kappa shape index (κ1) is 17.9. The van der Waals surface area contributed by atoms with Crippen LogP contribution in [0.1, 0.15) is 45.0 Å². The number of rotatable bonds is 7. The van der Waals surface area contributed by atoms with E-state index >= 15 is 0 Å². The fraction of sp³-hybridized carbons (Fsp3) is 0.812. The van der Waals surface area contributed by atoms with Gasteiger partial charge in [-0.05, 0) is 33.9 Å². The number of carbonyl (C=O) groups is 1. The molecule has 0 aromatic carbocycles. The van der Waals surface area contributed by atoms with Gasteiger partial charge in [0.1, 0.15) is 6.10 Å². The van der Waals surface area contributed by atoms with E-state index in [0.29, 0.717) is 43.1 Å². The molecule has 0 saturated carbocycles. The number of aromatic nitrogens is 2. The number of aryl methyl sites for hydroxylation is 1. The van der Waals surface area contributed by atoms with E-state index in [4.69, 9.17) is 9.26 Å². The fourth-order valence-electron chi connectivity index (χ4n) is 3.06. The Morgan fingerprint density at radius 3 is 2.83 bits per heavy atom. The smallest absolute Gasteiger partial charge is 0.227 e. The van der Waals surface area contributed by atoms with Crippen LogP contribution < -0.4 is 0 Å². The summed E-state index contributed by atoms with van der Waals surface area (Å²) < 4.78 is 10.6. The van der Waals surface area contributed by atoms with Crippen LogP contribution in [0.3, 0.4) is 0 Å². The molecule has 0 spiro atoms. The van der Waals surface area contributed by atoms with E-state index in [-0.39, 0.29) is 12.0 Å². The molecule has 0 radical (unpaired) electrons. The maximum atomic E-state index is 12.4. The molecular formula is C16H28N4O3. The van der Waals surface area contributed by atoms with Gasteiger partial charge in [0.15, 0.2) is 5.82 Å². The van der Waals surface area contributed by atoms with Gasteiger partial charge in [-0.3, -0.25) is 4.79 Å². The lowest BCUT2D eigenvalue weighted by Crippen LogP contribution is -2.35. The van der Waals surface area contributed by atoms with Crippen LogP contribution in [0.5, 0.6) is 0 Å². The molecule has 3 unspecified atom stereocenters. The fourth-order valence-corrected chi connectivity index (χ4v) is 3.06. The van der Waals surface area contributed by atoms with Gasteiger partial charge in [0, 0.05) is 38.6 Å². The SMILES string of the molecule is CCOC(C)c1noc(CCC(=O)N2CC(C)C(N(C)C)C2)n1. The van der Waals surface area contributed by atoms with Gasteiger partial charge in [-0.2, -0.15) is 4.98 Å². The van der Waals surface area contributed by atoms with Crippen LogP contribution in [0.15, 0.2) is 4.52 Å². The minimum atomic E-state index is -0.187. The highest BCUT2D eigenvalue weighted by Crippen LogP contribution is 2.21. The maximum absolute atomic E-state index is 12.4. The van der Waals surface area contributed by atoms with E-state index < -0.39 is 0 Å². The van der Waals surface area contributed by atoms with Gasteiger partial charge in [0.25, 0.3) is 0 Å². The number of carbonyl (C=O) groups excluding carboxylic acids is 1. The van der Waals surface area contributed by atoms with Gasteiger partial charge in [0.2, 0.25) is 11.8 Å². The highest BCUT2D eigenvalue weighted by Gasteiger charge is 2.33. The molecule has 130 valence electrons. The number of nitrogens with zero attached hydrogens (tertiary/aromatic N) is 4. The standard InChI is InChI=1S/C16H28N4O3/c1-6-22-12(3)16-17-14(23-18-16)7-8-15(21)20-9-11(2)13(10-20)19(4)5/h11-13H,6-10H2,1-5H3. The van der Waals surface area contributed by atoms with Crippen LogP contribution in [-0.2, 0) is 16.0 Å². The summed E-state index contributed by atoms with van der Waals surface area (Å²) in [6, 6.07) is 0.431. The molecule has 1 amide bonds. The average Bonchev–Trinajstić information content (AvgIpc) is 3.11. The first-order valence-electron chi connectivity index (χ1n) is 8.30. The summed E-state index contributed by atoms with van der Waals surface area (Å²) in [6.07, 6.45) is 0.688. The van der Waals surface area contributed by atoms with Crippen LogP contribution in [0, 0.1) is 5.92 Å². The van der Waals surface area contributed by atoms with Gasteiger partial charge in [-0.15, -0.1) is 0 Å². The number of ether oxygens (including phenoxy) is 1. The highest BCUT2D eigenvalue weighted by molar-refractivity contribution is 5.76. The first-order valence-corrected chi connectivity index (χ1v) is 8.30. The molecule has 0 aliphatic carbocycles. The summed E-state index contributed by atoms with van der Waals surface area (Å²) in [5.41, 5.74) is 0. The van der Waals surface area contributed by atoms with Crippen LogP contribution in [0.2, 0.25) is 0 Å². The minimum absolute atomic E-state index is 0.152. The summed E-state index contributed by atoms with van der Waals surface area (Å²) in [5, 5.41) is 3.91. The van der Waals surface area contributed by atoms with Gasteiger partial charge in [-0.25, -0.2) is 0 Å². The van der Waals surface area contributed by atoms with Crippen molar-refractivity contribution < 1.29 is 14.1 Å². The van der Waals surface area contributed by atoms with Crippen LogP contribution >= 0.6 is 0 Å². The van der Waals surface area contributed by atoms with E-state index in [0.717, 1.165) is 13.1 Å². The summed E-state index contributed by atoms with van der Waals surface area (Å²) in [5.74, 6) is 1.68. The molecule has 1 fully saturated rings. The molecule has 0 bridgehead atoms. The molecule has 23 heavy (non-hydrogen) atoms. The lowest BCUT2D eigenvalue weighted by molar-refractivity contribution is -0.130. The number of hydrogen-bond donors (Lipinski definition) is 0. The molecule has 1 aromatic rings. The van der Waals surface area contributed by atoms with Crippen molar-refractivity contribution >= 4 is 5.91 Å². The van der Waals surface area contributed by atoms with Gasteiger partial charge >= 0.3 is 0 Å². The third-order valence-corrected chi connectivity index (χ3v) is 4.41. The van der Waals surface area contributed by atoms with Crippen molar-refractivity contribution in [1.82, 2.24) is 19.9 Å². The van der Waals surface area contributed by atoms with E-state index in [9.17, 15) is 4.79 Å². The Balaban J connectivity index is 1.83. The molecular weight excluding hydrogens is 296 g/mol.